The number of carbonyl (C=O) groups excluding carboxylic acids is 1. The fourth-order valence-corrected chi connectivity index (χ4v) is 3.41. The summed E-state index contributed by atoms with van der Waals surface area (Å²) in [6.45, 7) is 2.39. The highest BCUT2D eigenvalue weighted by Gasteiger charge is 2.28. The van der Waals surface area contributed by atoms with E-state index >= 15 is 0 Å². The van der Waals surface area contributed by atoms with Crippen LogP contribution in [0.25, 0.3) is 6.08 Å². The van der Waals surface area contributed by atoms with Crippen molar-refractivity contribution in [3.05, 3.63) is 95.6 Å². The van der Waals surface area contributed by atoms with Crippen LogP contribution in [0.5, 0.6) is 11.5 Å². The molecular weight excluding hydrogens is 388 g/mol. The second-order valence-corrected chi connectivity index (χ2v) is 7.19. The number of methoxy groups -OCH3 is 1. The standard InChI is InChI=1S/C26H24N2O3/c1-19-23(26(29)28(27-19)22-11-7-4-8-12-22)17-21-13-14-24(25(18-21)30-2)31-16-15-20-9-5-3-6-10-20/h3-14,17-18H,15-16H2,1-2H3/b23-17+. The van der Waals surface area contributed by atoms with Crippen molar-refractivity contribution < 1.29 is 14.3 Å². The van der Waals surface area contributed by atoms with Crippen molar-refractivity contribution in [1.82, 2.24) is 0 Å². The SMILES string of the molecule is COc1cc(/C=C2/C(=O)N(c3ccccc3)N=C2C)ccc1OCCc1ccccc1. The van der Waals surface area contributed by atoms with E-state index in [1.54, 1.807) is 7.11 Å². The molecular formula is C26H24N2O3. The summed E-state index contributed by atoms with van der Waals surface area (Å²) >= 11 is 0. The third-order valence-electron chi connectivity index (χ3n) is 5.05. The van der Waals surface area contributed by atoms with Gasteiger partial charge in [0.15, 0.2) is 11.5 Å². The van der Waals surface area contributed by atoms with Crippen molar-refractivity contribution in [2.24, 2.45) is 5.10 Å². The van der Waals surface area contributed by atoms with Crippen LogP contribution in [0.15, 0.2) is 89.5 Å². The quantitative estimate of drug-likeness (QED) is 0.506. The molecule has 5 nitrogen and oxygen atoms in total. The highest BCUT2D eigenvalue weighted by molar-refractivity contribution is 6.32. The van der Waals surface area contributed by atoms with Crippen LogP contribution in [0, 0.1) is 0 Å². The van der Waals surface area contributed by atoms with Crippen LogP contribution in [-0.4, -0.2) is 25.3 Å². The van der Waals surface area contributed by atoms with Crippen molar-refractivity contribution in [3.63, 3.8) is 0 Å². The van der Waals surface area contributed by atoms with Crippen molar-refractivity contribution >= 4 is 23.4 Å². The van der Waals surface area contributed by atoms with Gasteiger partial charge < -0.3 is 9.47 Å². The van der Waals surface area contributed by atoms with Gasteiger partial charge in [-0.1, -0.05) is 54.6 Å². The molecule has 0 aliphatic carbocycles. The van der Waals surface area contributed by atoms with Crippen LogP contribution in [0.3, 0.4) is 0 Å². The molecule has 0 aromatic heterocycles. The molecule has 0 atom stereocenters. The number of para-hydroxylation sites is 1. The molecule has 3 aromatic rings. The molecule has 4 rings (SSSR count). The Balaban J connectivity index is 1.49. The first kappa shape index (κ1) is 20.4. The molecule has 1 aliphatic heterocycles. The van der Waals surface area contributed by atoms with Gasteiger partial charge in [0, 0.05) is 6.42 Å². The summed E-state index contributed by atoms with van der Waals surface area (Å²) in [7, 11) is 1.61. The Hall–Kier alpha value is -3.86. The van der Waals surface area contributed by atoms with E-state index in [-0.39, 0.29) is 5.91 Å². The third-order valence-corrected chi connectivity index (χ3v) is 5.05. The fourth-order valence-electron chi connectivity index (χ4n) is 3.41. The predicted molar refractivity (Wildman–Crippen MR) is 124 cm³/mol. The van der Waals surface area contributed by atoms with E-state index in [1.165, 1.54) is 10.6 Å². The maximum absolute atomic E-state index is 12.9. The second kappa shape index (κ2) is 9.30. The Bertz CT molecular complexity index is 1120. The normalized spacial score (nSPS) is 14.6. The zero-order valence-corrected chi connectivity index (χ0v) is 17.6. The molecule has 0 fully saturated rings. The summed E-state index contributed by atoms with van der Waals surface area (Å²) in [5.74, 6) is 1.16. The summed E-state index contributed by atoms with van der Waals surface area (Å²) in [4.78, 5) is 12.9. The lowest BCUT2D eigenvalue weighted by atomic mass is 10.1. The summed E-state index contributed by atoms with van der Waals surface area (Å²) in [6, 6.07) is 25.3. The van der Waals surface area contributed by atoms with Gasteiger partial charge >= 0.3 is 0 Å². The maximum Gasteiger partial charge on any atom is 0.280 e. The Morgan fingerprint density at radius 1 is 0.935 bits per heavy atom. The molecule has 0 unspecified atom stereocenters. The van der Waals surface area contributed by atoms with E-state index in [2.05, 4.69) is 17.2 Å². The number of carbonyl (C=O) groups is 1. The number of hydrogen-bond acceptors (Lipinski definition) is 4. The van der Waals surface area contributed by atoms with Crippen LogP contribution >= 0.6 is 0 Å². The maximum atomic E-state index is 12.9. The minimum Gasteiger partial charge on any atom is -0.493 e. The Kier molecular flexibility index (Phi) is 6.13. The number of nitrogens with zero attached hydrogens (tertiary/aromatic N) is 2. The largest absolute Gasteiger partial charge is 0.493 e. The van der Waals surface area contributed by atoms with Gasteiger partial charge in [-0.3, -0.25) is 4.79 Å². The van der Waals surface area contributed by atoms with Gasteiger partial charge in [0.05, 0.1) is 30.7 Å². The van der Waals surface area contributed by atoms with E-state index in [0.717, 1.165) is 17.7 Å². The zero-order chi connectivity index (χ0) is 21.6. The number of rotatable bonds is 7. The van der Waals surface area contributed by atoms with Gasteiger partial charge in [-0.2, -0.15) is 10.1 Å². The number of anilines is 1. The van der Waals surface area contributed by atoms with Crippen LogP contribution in [-0.2, 0) is 11.2 Å². The minimum absolute atomic E-state index is 0.147. The van der Waals surface area contributed by atoms with Crippen LogP contribution in [0.4, 0.5) is 5.69 Å². The average molecular weight is 412 g/mol. The number of benzene rings is 3. The molecule has 0 bridgehead atoms. The van der Waals surface area contributed by atoms with Crippen LogP contribution < -0.4 is 14.5 Å². The summed E-state index contributed by atoms with van der Waals surface area (Å²) in [5, 5.41) is 5.85. The zero-order valence-electron chi connectivity index (χ0n) is 17.6. The summed E-state index contributed by atoms with van der Waals surface area (Å²) in [5.41, 5.74) is 4.05. The Labute approximate surface area is 182 Å². The first-order chi connectivity index (χ1) is 15.2. The molecule has 0 N–H and O–H groups in total. The molecule has 1 aliphatic rings. The molecule has 5 heteroatoms. The minimum atomic E-state index is -0.147. The molecule has 1 amide bonds. The van der Waals surface area contributed by atoms with Gasteiger partial charge in [0.25, 0.3) is 5.91 Å². The van der Waals surface area contributed by atoms with Crippen molar-refractivity contribution in [2.75, 3.05) is 18.7 Å². The number of hydrazone groups is 1. The lowest BCUT2D eigenvalue weighted by Gasteiger charge is -2.12. The van der Waals surface area contributed by atoms with E-state index in [1.807, 2.05) is 79.7 Å². The number of hydrogen-bond donors (Lipinski definition) is 0. The van der Waals surface area contributed by atoms with Gasteiger partial charge in [0.2, 0.25) is 0 Å². The number of ether oxygens (including phenoxy) is 2. The predicted octanol–water partition coefficient (Wildman–Crippen LogP) is 5.12. The van der Waals surface area contributed by atoms with Gasteiger partial charge in [-0.05, 0) is 48.4 Å². The smallest absolute Gasteiger partial charge is 0.280 e. The average Bonchev–Trinajstić information content (AvgIpc) is 3.09. The van der Waals surface area contributed by atoms with E-state index in [9.17, 15) is 4.79 Å². The lowest BCUT2D eigenvalue weighted by molar-refractivity contribution is -0.114. The molecule has 0 saturated carbocycles. The monoisotopic (exact) mass is 412 g/mol. The molecule has 31 heavy (non-hydrogen) atoms. The molecule has 0 spiro atoms. The van der Waals surface area contributed by atoms with Gasteiger partial charge in [-0.25, -0.2) is 0 Å². The van der Waals surface area contributed by atoms with Crippen molar-refractivity contribution in [3.8, 4) is 11.5 Å². The van der Waals surface area contributed by atoms with Gasteiger partial charge in [-0.15, -0.1) is 0 Å². The first-order valence-corrected chi connectivity index (χ1v) is 10.2. The summed E-state index contributed by atoms with van der Waals surface area (Å²) in [6.07, 6.45) is 2.65. The molecule has 156 valence electrons. The highest BCUT2D eigenvalue weighted by atomic mass is 16.5. The highest BCUT2D eigenvalue weighted by Crippen LogP contribution is 2.30. The summed E-state index contributed by atoms with van der Waals surface area (Å²) < 4.78 is 11.4. The molecule has 0 saturated heterocycles. The third kappa shape index (κ3) is 4.67. The first-order valence-electron chi connectivity index (χ1n) is 10.2. The molecule has 1 heterocycles. The molecule has 0 radical (unpaired) electrons. The van der Waals surface area contributed by atoms with Gasteiger partial charge in [0.1, 0.15) is 0 Å². The Morgan fingerprint density at radius 2 is 1.65 bits per heavy atom. The van der Waals surface area contributed by atoms with Crippen molar-refractivity contribution in [1.29, 1.82) is 0 Å². The van der Waals surface area contributed by atoms with E-state index in [4.69, 9.17) is 9.47 Å². The molecule has 3 aromatic carbocycles. The van der Waals surface area contributed by atoms with Crippen LogP contribution in [0.2, 0.25) is 0 Å². The lowest BCUT2D eigenvalue weighted by Crippen LogP contribution is -2.21. The van der Waals surface area contributed by atoms with Crippen molar-refractivity contribution in [2.45, 2.75) is 13.3 Å². The number of amides is 1. The topological polar surface area (TPSA) is 51.1 Å². The van der Waals surface area contributed by atoms with E-state index in [0.29, 0.717) is 29.4 Å². The van der Waals surface area contributed by atoms with Crippen LogP contribution in [0.1, 0.15) is 18.1 Å². The second-order valence-electron chi connectivity index (χ2n) is 7.19. The fraction of sp³-hybridized carbons (Fsp3) is 0.154. The Morgan fingerprint density at radius 3 is 2.35 bits per heavy atom. The van der Waals surface area contributed by atoms with E-state index < -0.39 is 0 Å².